The van der Waals surface area contributed by atoms with E-state index in [1.165, 1.54) is 0 Å². The molecule has 0 amide bonds. The van der Waals surface area contributed by atoms with Gasteiger partial charge in [0.25, 0.3) is 0 Å². The maximum Gasteiger partial charge on any atom is 0.313 e. The summed E-state index contributed by atoms with van der Waals surface area (Å²) in [6.45, 7) is 9.54. The molecular weight excluding hydrogens is 232 g/mol. The number of hydrogen-bond acceptors (Lipinski definition) is 5. The molecule has 1 aliphatic rings. The maximum absolute atomic E-state index is 11.6. The van der Waals surface area contributed by atoms with Crippen molar-refractivity contribution in [1.82, 2.24) is 20.3 Å². The Morgan fingerprint density at radius 2 is 2.22 bits per heavy atom. The van der Waals surface area contributed by atoms with E-state index in [0.29, 0.717) is 0 Å². The van der Waals surface area contributed by atoms with Gasteiger partial charge in [0.2, 0.25) is 0 Å². The van der Waals surface area contributed by atoms with Crippen LogP contribution in [0.25, 0.3) is 0 Å². The second kappa shape index (κ2) is 4.35. The summed E-state index contributed by atoms with van der Waals surface area (Å²) in [5.74, 6) is -0.240. The molecule has 6 nitrogen and oxygen atoms in total. The number of nitrogens with zero attached hydrogens (tertiary/aromatic N) is 3. The summed E-state index contributed by atoms with van der Waals surface area (Å²) in [6, 6.07) is 0. The van der Waals surface area contributed by atoms with E-state index in [0.717, 1.165) is 18.8 Å². The molecule has 1 N–H and O–H groups in total. The standard InChI is InChI=1S/C12H20N4O2/c1-11(2,3)10(17)18-8-16-5-9(14-15-16)12(4)6-13-7-12/h5,13H,6-8H2,1-4H3. The zero-order chi connectivity index (χ0) is 13.4. The van der Waals surface area contributed by atoms with E-state index in [9.17, 15) is 4.79 Å². The summed E-state index contributed by atoms with van der Waals surface area (Å²) in [6.07, 6.45) is 1.84. The van der Waals surface area contributed by atoms with Gasteiger partial charge >= 0.3 is 5.97 Å². The highest BCUT2D eigenvalue weighted by molar-refractivity contribution is 5.75. The minimum atomic E-state index is -0.493. The Morgan fingerprint density at radius 3 is 2.72 bits per heavy atom. The van der Waals surface area contributed by atoms with Crippen LogP contribution in [0.2, 0.25) is 0 Å². The largest absolute Gasteiger partial charge is 0.442 e. The van der Waals surface area contributed by atoms with Crippen LogP contribution >= 0.6 is 0 Å². The quantitative estimate of drug-likeness (QED) is 0.801. The Balaban J connectivity index is 1.93. The maximum atomic E-state index is 11.6. The minimum Gasteiger partial charge on any atom is -0.442 e. The van der Waals surface area contributed by atoms with Crippen molar-refractivity contribution < 1.29 is 9.53 Å². The first-order valence-electron chi connectivity index (χ1n) is 6.10. The lowest BCUT2D eigenvalue weighted by molar-refractivity contribution is -0.157. The molecule has 0 saturated carbocycles. The summed E-state index contributed by atoms with van der Waals surface area (Å²) >= 11 is 0. The average Bonchev–Trinajstić information content (AvgIpc) is 2.70. The van der Waals surface area contributed by atoms with Crippen LogP contribution in [-0.2, 0) is 21.7 Å². The Labute approximate surface area is 107 Å². The van der Waals surface area contributed by atoms with Crippen LogP contribution < -0.4 is 5.32 Å². The highest BCUT2D eigenvalue weighted by Gasteiger charge is 2.36. The SMILES string of the molecule is CC(C)(C)C(=O)OCn1cc(C2(C)CNC2)nn1. The summed E-state index contributed by atoms with van der Waals surface area (Å²) in [5.41, 5.74) is 0.507. The molecule has 100 valence electrons. The van der Waals surface area contributed by atoms with E-state index in [1.807, 2.05) is 27.0 Å². The summed E-state index contributed by atoms with van der Waals surface area (Å²) in [7, 11) is 0. The highest BCUT2D eigenvalue weighted by atomic mass is 16.5. The Bertz CT molecular complexity index is 443. The molecule has 1 saturated heterocycles. The van der Waals surface area contributed by atoms with Gasteiger partial charge in [0.05, 0.1) is 17.3 Å². The fourth-order valence-electron chi connectivity index (χ4n) is 1.66. The van der Waals surface area contributed by atoms with Gasteiger partial charge in [0.1, 0.15) is 0 Å². The fraction of sp³-hybridized carbons (Fsp3) is 0.750. The molecule has 6 heteroatoms. The number of carbonyl (C=O) groups excluding carboxylic acids is 1. The van der Waals surface area contributed by atoms with Crippen molar-refractivity contribution in [3.8, 4) is 0 Å². The number of rotatable bonds is 3. The van der Waals surface area contributed by atoms with E-state index >= 15 is 0 Å². The normalized spacial score (nSPS) is 18.2. The third-order valence-electron chi connectivity index (χ3n) is 3.13. The molecule has 0 bridgehead atoms. The molecule has 1 aromatic heterocycles. The molecule has 2 rings (SSSR count). The molecular formula is C12H20N4O2. The fourth-order valence-corrected chi connectivity index (χ4v) is 1.66. The van der Waals surface area contributed by atoms with Gasteiger partial charge in [-0.25, -0.2) is 4.68 Å². The number of ether oxygens (including phenoxy) is 1. The highest BCUT2D eigenvalue weighted by Crippen LogP contribution is 2.25. The third-order valence-corrected chi connectivity index (χ3v) is 3.13. The van der Waals surface area contributed by atoms with Crippen molar-refractivity contribution in [2.75, 3.05) is 13.1 Å². The van der Waals surface area contributed by atoms with Gasteiger partial charge in [0, 0.05) is 18.5 Å². The van der Waals surface area contributed by atoms with Crippen LogP contribution in [0.1, 0.15) is 33.4 Å². The predicted molar refractivity (Wildman–Crippen MR) is 65.8 cm³/mol. The van der Waals surface area contributed by atoms with E-state index in [1.54, 1.807) is 4.68 Å². The van der Waals surface area contributed by atoms with Crippen LogP contribution in [0.15, 0.2) is 6.20 Å². The van der Waals surface area contributed by atoms with Gasteiger partial charge in [-0.2, -0.15) is 0 Å². The molecule has 0 unspecified atom stereocenters. The van der Waals surface area contributed by atoms with E-state index in [-0.39, 0.29) is 18.1 Å². The number of aromatic nitrogens is 3. The number of hydrogen-bond donors (Lipinski definition) is 1. The Hall–Kier alpha value is -1.43. The van der Waals surface area contributed by atoms with Crippen molar-refractivity contribution in [2.24, 2.45) is 5.41 Å². The van der Waals surface area contributed by atoms with Gasteiger partial charge in [-0.1, -0.05) is 12.1 Å². The van der Waals surface area contributed by atoms with Gasteiger partial charge in [-0.05, 0) is 20.8 Å². The van der Waals surface area contributed by atoms with Crippen LogP contribution in [-0.4, -0.2) is 34.1 Å². The second-order valence-corrected chi connectivity index (χ2v) is 6.12. The monoisotopic (exact) mass is 252 g/mol. The number of nitrogens with one attached hydrogen (secondary N) is 1. The van der Waals surface area contributed by atoms with Gasteiger partial charge < -0.3 is 10.1 Å². The molecule has 2 heterocycles. The molecule has 0 atom stereocenters. The van der Waals surface area contributed by atoms with Crippen LogP contribution in [0.5, 0.6) is 0 Å². The molecule has 1 aromatic rings. The average molecular weight is 252 g/mol. The smallest absolute Gasteiger partial charge is 0.313 e. The molecule has 18 heavy (non-hydrogen) atoms. The van der Waals surface area contributed by atoms with Crippen molar-refractivity contribution in [1.29, 1.82) is 0 Å². The lowest BCUT2D eigenvalue weighted by atomic mass is 9.81. The molecule has 0 aliphatic carbocycles. The summed E-state index contributed by atoms with van der Waals surface area (Å²) in [4.78, 5) is 11.6. The van der Waals surface area contributed by atoms with Gasteiger partial charge in [-0.3, -0.25) is 4.79 Å². The Morgan fingerprint density at radius 1 is 1.56 bits per heavy atom. The zero-order valence-corrected chi connectivity index (χ0v) is 11.4. The first-order valence-corrected chi connectivity index (χ1v) is 6.10. The van der Waals surface area contributed by atoms with Crippen molar-refractivity contribution in [3.05, 3.63) is 11.9 Å². The molecule has 0 radical (unpaired) electrons. The molecule has 0 aromatic carbocycles. The number of esters is 1. The molecule has 1 aliphatic heterocycles. The number of carbonyl (C=O) groups is 1. The predicted octanol–water partition coefficient (Wildman–Crippen LogP) is 0.686. The summed E-state index contributed by atoms with van der Waals surface area (Å²) < 4.78 is 6.73. The van der Waals surface area contributed by atoms with Crippen LogP contribution in [0.4, 0.5) is 0 Å². The van der Waals surface area contributed by atoms with Crippen molar-refractivity contribution in [2.45, 2.75) is 39.8 Å². The Kier molecular flexibility index (Phi) is 3.14. The van der Waals surface area contributed by atoms with Gasteiger partial charge in [-0.15, -0.1) is 5.10 Å². The summed E-state index contributed by atoms with van der Waals surface area (Å²) in [5, 5.41) is 11.3. The topological polar surface area (TPSA) is 69.0 Å². The lowest BCUT2D eigenvalue weighted by Gasteiger charge is -2.37. The van der Waals surface area contributed by atoms with Crippen molar-refractivity contribution >= 4 is 5.97 Å². The minimum absolute atomic E-state index is 0.0618. The van der Waals surface area contributed by atoms with Crippen LogP contribution in [0.3, 0.4) is 0 Å². The zero-order valence-electron chi connectivity index (χ0n) is 11.4. The first kappa shape index (κ1) is 13.0. The third kappa shape index (κ3) is 2.53. The van der Waals surface area contributed by atoms with E-state index in [2.05, 4.69) is 22.6 Å². The van der Waals surface area contributed by atoms with Crippen molar-refractivity contribution in [3.63, 3.8) is 0 Å². The molecule has 1 fully saturated rings. The van der Waals surface area contributed by atoms with E-state index < -0.39 is 5.41 Å². The van der Waals surface area contributed by atoms with E-state index in [4.69, 9.17) is 4.74 Å². The first-order chi connectivity index (χ1) is 8.31. The lowest BCUT2D eigenvalue weighted by Crippen LogP contribution is -2.54. The second-order valence-electron chi connectivity index (χ2n) is 6.12. The molecule has 0 spiro atoms. The van der Waals surface area contributed by atoms with Crippen LogP contribution in [0, 0.1) is 5.41 Å². The van der Waals surface area contributed by atoms with Gasteiger partial charge in [0.15, 0.2) is 6.73 Å².